The van der Waals surface area contributed by atoms with Crippen LogP contribution in [0.15, 0.2) is 24.3 Å². The van der Waals surface area contributed by atoms with Gasteiger partial charge in [0.05, 0.1) is 24.8 Å². The fraction of sp³-hybridized carbons (Fsp3) is 0.600. The SMILES string of the molecule is CCCCOc1ccc(N2C(=O)CC(N3CCN(CC)CC3)C2=O)cc1. The zero-order chi connectivity index (χ0) is 18.5. The van der Waals surface area contributed by atoms with Crippen LogP contribution in [0.3, 0.4) is 0 Å². The number of carbonyl (C=O) groups excluding carboxylic acids is 2. The highest BCUT2D eigenvalue weighted by Crippen LogP contribution is 2.28. The highest BCUT2D eigenvalue weighted by atomic mass is 16.5. The molecule has 1 aromatic rings. The molecule has 26 heavy (non-hydrogen) atoms. The first-order valence-electron chi connectivity index (χ1n) is 9.70. The van der Waals surface area contributed by atoms with E-state index in [0.717, 1.165) is 51.3 Å². The van der Waals surface area contributed by atoms with Crippen molar-refractivity contribution in [3.05, 3.63) is 24.3 Å². The number of benzene rings is 1. The van der Waals surface area contributed by atoms with E-state index in [4.69, 9.17) is 4.74 Å². The summed E-state index contributed by atoms with van der Waals surface area (Å²) >= 11 is 0. The monoisotopic (exact) mass is 359 g/mol. The minimum atomic E-state index is -0.318. The fourth-order valence-electron chi connectivity index (χ4n) is 3.59. The lowest BCUT2D eigenvalue weighted by atomic mass is 10.1. The molecule has 1 unspecified atom stereocenters. The van der Waals surface area contributed by atoms with Crippen LogP contribution in [0.4, 0.5) is 5.69 Å². The molecule has 0 aliphatic carbocycles. The average molecular weight is 359 g/mol. The first-order valence-corrected chi connectivity index (χ1v) is 9.70. The van der Waals surface area contributed by atoms with E-state index >= 15 is 0 Å². The van der Waals surface area contributed by atoms with E-state index in [1.54, 1.807) is 12.1 Å². The van der Waals surface area contributed by atoms with Crippen molar-refractivity contribution < 1.29 is 14.3 Å². The van der Waals surface area contributed by atoms with Crippen LogP contribution in [0.25, 0.3) is 0 Å². The van der Waals surface area contributed by atoms with Crippen LogP contribution >= 0.6 is 0 Å². The van der Waals surface area contributed by atoms with Gasteiger partial charge in [0.1, 0.15) is 5.75 Å². The average Bonchev–Trinajstić information content (AvgIpc) is 2.97. The minimum Gasteiger partial charge on any atom is -0.494 e. The number of hydrogen-bond acceptors (Lipinski definition) is 5. The maximum Gasteiger partial charge on any atom is 0.251 e. The van der Waals surface area contributed by atoms with Crippen molar-refractivity contribution in [1.82, 2.24) is 9.80 Å². The maximum atomic E-state index is 12.9. The summed E-state index contributed by atoms with van der Waals surface area (Å²) in [5.41, 5.74) is 0.637. The number of hydrogen-bond donors (Lipinski definition) is 0. The molecule has 2 fully saturated rings. The van der Waals surface area contributed by atoms with Gasteiger partial charge in [-0.2, -0.15) is 0 Å². The number of imide groups is 1. The zero-order valence-electron chi connectivity index (χ0n) is 15.8. The first-order chi connectivity index (χ1) is 12.6. The highest BCUT2D eigenvalue weighted by Gasteiger charge is 2.43. The number of nitrogens with zero attached hydrogens (tertiary/aromatic N) is 3. The second kappa shape index (κ2) is 8.64. The molecule has 2 amide bonds. The normalized spacial score (nSPS) is 22.2. The molecule has 142 valence electrons. The lowest BCUT2D eigenvalue weighted by Gasteiger charge is -2.36. The van der Waals surface area contributed by atoms with Gasteiger partial charge >= 0.3 is 0 Å². The number of piperazine rings is 1. The number of anilines is 1. The number of ether oxygens (including phenoxy) is 1. The van der Waals surface area contributed by atoms with Crippen molar-refractivity contribution >= 4 is 17.5 Å². The Morgan fingerprint density at radius 2 is 1.73 bits per heavy atom. The second-order valence-corrected chi connectivity index (χ2v) is 6.95. The summed E-state index contributed by atoms with van der Waals surface area (Å²) in [6.07, 6.45) is 2.38. The molecule has 0 aromatic heterocycles. The summed E-state index contributed by atoms with van der Waals surface area (Å²) in [4.78, 5) is 31.2. The van der Waals surface area contributed by atoms with E-state index < -0.39 is 0 Å². The molecule has 6 nitrogen and oxygen atoms in total. The summed E-state index contributed by atoms with van der Waals surface area (Å²) < 4.78 is 5.65. The van der Waals surface area contributed by atoms with Gasteiger partial charge in [-0.1, -0.05) is 20.3 Å². The van der Waals surface area contributed by atoms with Crippen molar-refractivity contribution in [2.75, 3.05) is 44.2 Å². The molecule has 0 saturated carbocycles. The Bertz CT molecular complexity index is 624. The third kappa shape index (κ3) is 4.07. The van der Waals surface area contributed by atoms with Gasteiger partial charge in [0, 0.05) is 26.2 Å². The number of carbonyl (C=O) groups is 2. The van der Waals surface area contributed by atoms with Gasteiger partial charge in [-0.25, -0.2) is 4.90 Å². The van der Waals surface area contributed by atoms with Gasteiger partial charge in [-0.3, -0.25) is 14.5 Å². The molecule has 0 bridgehead atoms. The molecule has 0 spiro atoms. The van der Waals surface area contributed by atoms with Gasteiger partial charge in [-0.15, -0.1) is 0 Å². The van der Waals surface area contributed by atoms with Crippen LogP contribution in [-0.2, 0) is 9.59 Å². The third-order valence-electron chi connectivity index (χ3n) is 5.28. The Kier molecular flexibility index (Phi) is 6.27. The molecule has 2 aliphatic rings. The predicted molar refractivity (Wildman–Crippen MR) is 101 cm³/mol. The Hall–Kier alpha value is -1.92. The van der Waals surface area contributed by atoms with E-state index in [-0.39, 0.29) is 24.3 Å². The molecule has 6 heteroatoms. The first kappa shape index (κ1) is 18.9. The Morgan fingerprint density at radius 1 is 1.04 bits per heavy atom. The molecular formula is C20H29N3O3. The van der Waals surface area contributed by atoms with Gasteiger partial charge < -0.3 is 9.64 Å². The lowest BCUT2D eigenvalue weighted by Crippen LogP contribution is -2.52. The molecular weight excluding hydrogens is 330 g/mol. The smallest absolute Gasteiger partial charge is 0.251 e. The molecule has 2 heterocycles. The Labute approximate surface area is 155 Å². The van der Waals surface area contributed by atoms with Crippen molar-refractivity contribution in [1.29, 1.82) is 0 Å². The van der Waals surface area contributed by atoms with E-state index in [1.807, 2.05) is 12.1 Å². The Balaban J connectivity index is 1.63. The molecule has 2 aliphatic heterocycles. The summed E-state index contributed by atoms with van der Waals surface area (Å²) in [5, 5.41) is 0. The van der Waals surface area contributed by atoms with Gasteiger partial charge in [0.2, 0.25) is 5.91 Å². The van der Waals surface area contributed by atoms with E-state index in [1.165, 1.54) is 4.90 Å². The van der Waals surface area contributed by atoms with Crippen LogP contribution in [-0.4, -0.2) is 67.0 Å². The highest BCUT2D eigenvalue weighted by molar-refractivity contribution is 6.22. The zero-order valence-corrected chi connectivity index (χ0v) is 15.8. The van der Waals surface area contributed by atoms with Crippen molar-refractivity contribution in [2.24, 2.45) is 0 Å². The molecule has 3 rings (SSSR count). The number of likely N-dealkylation sites (N-methyl/N-ethyl adjacent to an activating group) is 1. The van der Waals surface area contributed by atoms with E-state index in [9.17, 15) is 9.59 Å². The van der Waals surface area contributed by atoms with Crippen LogP contribution in [0.1, 0.15) is 33.1 Å². The standard InChI is InChI=1S/C20H29N3O3/c1-3-5-14-26-17-8-6-16(7-9-17)23-19(24)15-18(20(23)25)22-12-10-21(4-2)11-13-22/h6-9,18H,3-5,10-15H2,1-2H3. The molecule has 0 radical (unpaired) electrons. The molecule has 2 saturated heterocycles. The van der Waals surface area contributed by atoms with Crippen LogP contribution in [0, 0.1) is 0 Å². The van der Waals surface area contributed by atoms with Gasteiger partial charge in [0.15, 0.2) is 0 Å². The Morgan fingerprint density at radius 3 is 2.35 bits per heavy atom. The number of amides is 2. The van der Waals surface area contributed by atoms with Gasteiger partial charge in [-0.05, 0) is 37.2 Å². The molecule has 1 atom stereocenters. The van der Waals surface area contributed by atoms with E-state index in [0.29, 0.717) is 12.3 Å². The third-order valence-corrected chi connectivity index (χ3v) is 5.28. The van der Waals surface area contributed by atoms with Crippen LogP contribution in [0.2, 0.25) is 0 Å². The van der Waals surface area contributed by atoms with Crippen molar-refractivity contribution in [3.63, 3.8) is 0 Å². The van der Waals surface area contributed by atoms with Crippen molar-refractivity contribution in [2.45, 2.75) is 39.2 Å². The fourth-order valence-corrected chi connectivity index (χ4v) is 3.59. The van der Waals surface area contributed by atoms with E-state index in [2.05, 4.69) is 23.6 Å². The molecule has 1 aromatic carbocycles. The van der Waals surface area contributed by atoms with Crippen molar-refractivity contribution in [3.8, 4) is 5.75 Å². The lowest BCUT2D eigenvalue weighted by molar-refractivity contribution is -0.123. The summed E-state index contributed by atoms with van der Waals surface area (Å²) in [7, 11) is 0. The molecule has 0 N–H and O–H groups in total. The summed E-state index contributed by atoms with van der Waals surface area (Å²) in [6, 6.07) is 6.95. The summed E-state index contributed by atoms with van der Waals surface area (Å²) in [6.45, 7) is 9.59. The second-order valence-electron chi connectivity index (χ2n) is 6.95. The van der Waals surface area contributed by atoms with Gasteiger partial charge in [0.25, 0.3) is 5.91 Å². The van der Waals surface area contributed by atoms with Crippen LogP contribution < -0.4 is 9.64 Å². The summed E-state index contributed by atoms with van der Waals surface area (Å²) in [5.74, 6) is 0.561. The number of unbranched alkanes of at least 4 members (excludes halogenated alkanes) is 1. The quantitative estimate of drug-likeness (QED) is 0.551. The predicted octanol–water partition coefficient (Wildman–Crippen LogP) is 2.13. The number of rotatable bonds is 7. The van der Waals surface area contributed by atoms with Crippen LogP contribution in [0.5, 0.6) is 5.75 Å². The maximum absolute atomic E-state index is 12.9. The minimum absolute atomic E-state index is 0.0976. The topological polar surface area (TPSA) is 53.1 Å². The largest absolute Gasteiger partial charge is 0.494 e.